The maximum absolute atomic E-state index is 14.6. The SMILES string of the molecule is CCCCNC(=O)[C@@H](Cc1ccccc1)N(Cc1ccccc1F)C(=O)COc1cccc(C)c1C. The van der Waals surface area contributed by atoms with Gasteiger partial charge in [0.1, 0.15) is 17.6 Å². The number of ether oxygens (including phenoxy) is 1. The number of benzene rings is 3. The molecule has 36 heavy (non-hydrogen) atoms. The molecule has 2 amide bonds. The molecule has 0 spiro atoms. The molecule has 5 nitrogen and oxygen atoms in total. The normalized spacial score (nSPS) is 11.6. The highest BCUT2D eigenvalue weighted by molar-refractivity contribution is 5.88. The fourth-order valence-electron chi connectivity index (χ4n) is 3.97. The summed E-state index contributed by atoms with van der Waals surface area (Å²) in [6.07, 6.45) is 2.08. The fourth-order valence-corrected chi connectivity index (χ4v) is 3.97. The molecule has 6 heteroatoms. The molecule has 0 fully saturated rings. The summed E-state index contributed by atoms with van der Waals surface area (Å²) in [5.74, 6) is -0.453. The summed E-state index contributed by atoms with van der Waals surface area (Å²) in [4.78, 5) is 28.4. The van der Waals surface area contributed by atoms with Crippen LogP contribution in [0.2, 0.25) is 0 Å². The Labute approximate surface area is 213 Å². The van der Waals surface area contributed by atoms with Crippen molar-refractivity contribution in [3.63, 3.8) is 0 Å². The van der Waals surface area contributed by atoms with Crippen molar-refractivity contribution >= 4 is 11.8 Å². The minimum atomic E-state index is -0.821. The number of nitrogens with zero attached hydrogens (tertiary/aromatic N) is 1. The van der Waals surface area contributed by atoms with Gasteiger partial charge in [-0.1, -0.05) is 74.0 Å². The Bertz CT molecular complexity index is 1150. The Morgan fingerprint density at radius 2 is 1.69 bits per heavy atom. The number of nitrogens with one attached hydrogen (secondary N) is 1. The number of aryl methyl sites for hydroxylation is 1. The molecule has 0 aliphatic heterocycles. The number of halogens is 1. The van der Waals surface area contributed by atoms with Crippen molar-refractivity contribution in [2.75, 3.05) is 13.2 Å². The van der Waals surface area contributed by atoms with Gasteiger partial charge in [0.15, 0.2) is 6.61 Å². The van der Waals surface area contributed by atoms with Crippen LogP contribution in [0.15, 0.2) is 72.8 Å². The summed E-state index contributed by atoms with van der Waals surface area (Å²) in [5.41, 5.74) is 3.26. The predicted molar refractivity (Wildman–Crippen MR) is 140 cm³/mol. The van der Waals surface area contributed by atoms with E-state index >= 15 is 0 Å². The molecule has 0 heterocycles. The first-order chi connectivity index (χ1) is 17.4. The lowest BCUT2D eigenvalue weighted by molar-refractivity contribution is -0.142. The van der Waals surface area contributed by atoms with E-state index in [1.807, 2.05) is 69.3 Å². The average molecular weight is 491 g/mol. The van der Waals surface area contributed by atoms with Gasteiger partial charge in [0, 0.05) is 25.1 Å². The first-order valence-electron chi connectivity index (χ1n) is 12.4. The maximum Gasteiger partial charge on any atom is 0.261 e. The van der Waals surface area contributed by atoms with Gasteiger partial charge in [-0.05, 0) is 49.1 Å². The lowest BCUT2D eigenvalue weighted by atomic mass is 10.0. The van der Waals surface area contributed by atoms with E-state index in [9.17, 15) is 14.0 Å². The van der Waals surface area contributed by atoms with Crippen LogP contribution in [0.5, 0.6) is 5.75 Å². The van der Waals surface area contributed by atoms with Crippen molar-refractivity contribution in [3.8, 4) is 5.75 Å². The van der Waals surface area contributed by atoms with E-state index in [2.05, 4.69) is 5.32 Å². The zero-order valence-corrected chi connectivity index (χ0v) is 21.3. The van der Waals surface area contributed by atoms with Crippen LogP contribution in [0.25, 0.3) is 0 Å². The van der Waals surface area contributed by atoms with E-state index in [1.165, 1.54) is 11.0 Å². The topological polar surface area (TPSA) is 58.6 Å². The molecule has 0 bridgehead atoms. The van der Waals surface area contributed by atoms with Gasteiger partial charge in [0.25, 0.3) is 5.91 Å². The lowest BCUT2D eigenvalue weighted by Gasteiger charge is -2.31. The lowest BCUT2D eigenvalue weighted by Crippen LogP contribution is -2.52. The molecular weight excluding hydrogens is 455 g/mol. The second-order valence-electron chi connectivity index (χ2n) is 8.95. The molecule has 190 valence electrons. The highest BCUT2D eigenvalue weighted by atomic mass is 19.1. The number of hydrogen-bond donors (Lipinski definition) is 1. The molecule has 0 aromatic heterocycles. The molecule has 3 rings (SSSR count). The second-order valence-corrected chi connectivity index (χ2v) is 8.95. The zero-order valence-electron chi connectivity index (χ0n) is 21.3. The standard InChI is InChI=1S/C30H35FN2O3/c1-4-5-18-32-30(35)27(19-24-13-7-6-8-14-24)33(20-25-15-9-10-16-26(25)31)29(34)21-36-28-17-11-12-22(2)23(28)3/h6-17,27H,4-5,18-21H2,1-3H3,(H,32,35)/t27-/m1/s1. The van der Waals surface area contributed by atoms with Crippen molar-refractivity contribution in [2.45, 2.75) is 52.6 Å². The summed E-state index contributed by atoms with van der Waals surface area (Å²) in [6, 6.07) is 20.7. The summed E-state index contributed by atoms with van der Waals surface area (Å²) in [7, 11) is 0. The molecule has 0 aliphatic carbocycles. The molecule has 0 aliphatic rings. The third-order valence-electron chi connectivity index (χ3n) is 6.31. The summed E-state index contributed by atoms with van der Waals surface area (Å²) < 4.78 is 20.5. The minimum absolute atomic E-state index is 0.0413. The molecule has 3 aromatic rings. The van der Waals surface area contributed by atoms with Crippen LogP contribution in [0, 0.1) is 19.7 Å². The molecule has 0 unspecified atom stereocenters. The van der Waals surface area contributed by atoms with Crippen LogP contribution >= 0.6 is 0 Å². The molecule has 1 N–H and O–H groups in total. The van der Waals surface area contributed by atoms with Gasteiger partial charge in [-0.2, -0.15) is 0 Å². The van der Waals surface area contributed by atoms with Crippen LogP contribution in [0.3, 0.4) is 0 Å². The van der Waals surface area contributed by atoms with Gasteiger partial charge in [-0.25, -0.2) is 4.39 Å². The van der Waals surface area contributed by atoms with E-state index in [-0.39, 0.29) is 25.0 Å². The Balaban J connectivity index is 1.91. The highest BCUT2D eigenvalue weighted by Gasteiger charge is 2.31. The quantitative estimate of drug-likeness (QED) is 0.347. The van der Waals surface area contributed by atoms with Crippen LogP contribution in [-0.2, 0) is 22.6 Å². The maximum atomic E-state index is 14.6. The van der Waals surface area contributed by atoms with Gasteiger partial charge in [0.05, 0.1) is 0 Å². The first-order valence-corrected chi connectivity index (χ1v) is 12.4. The van der Waals surface area contributed by atoms with E-state index in [0.29, 0.717) is 24.3 Å². The van der Waals surface area contributed by atoms with E-state index in [4.69, 9.17) is 4.74 Å². The van der Waals surface area contributed by atoms with Crippen molar-refractivity contribution in [3.05, 3.63) is 101 Å². The summed E-state index contributed by atoms with van der Waals surface area (Å²) >= 11 is 0. The Morgan fingerprint density at radius 1 is 0.972 bits per heavy atom. The first kappa shape index (κ1) is 26.9. The fraction of sp³-hybridized carbons (Fsp3) is 0.333. The van der Waals surface area contributed by atoms with Gasteiger partial charge in [-0.15, -0.1) is 0 Å². The summed E-state index contributed by atoms with van der Waals surface area (Å²) in [6.45, 7) is 6.18. The van der Waals surface area contributed by atoms with Crippen LogP contribution in [0.1, 0.15) is 42.0 Å². The van der Waals surface area contributed by atoms with Gasteiger partial charge >= 0.3 is 0 Å². The van der Waals surface area contributed by atoms with Crippen molar-refractivity contribution < 1.29 is 18.7 Å². The largest absolute Gasteiger partial charge is 0.483 e. The van der Waals surface area contributed by atoms with E-state index < -0.39 is 11.9 Å². The minimum Gasteiger partial charge on any atom is -0.483 e. The molecular formula is C30H35FN2O3. The average Bonchev–Trinajstić information content (AvgIpc) is 2.88. The number of rotatable bonds is 12. The monoisotopic (exact) mass is 490 g/mol. The third kappa shape index (κ3) is 7.41. The summed E-state index contributed by atoms with van der Waals surface area (Å²) in [5, 5.41) is 2.96. The number of amides is 2. The van der Waals surface area contributed by atoms with Crippen LogP contribution in [-0.4, -0.2) is 35.9 Å². The Kier molecular flexibility index (Phi) is 10.0. The van der Waals surface area contributed by atoms with Crippen LogP contribution < -0.4 is 10.1 Å². The number of hydrogen-bond acceptors (Lipinski definition) is 3. The highest BCUT2D eigenvalue weighted by Crippen LogP contribution is 2.22. The number of carbonyl (C=O) groups excluding carboxylic acids is 2. The predicted octanol–water partition coefficient (Wildman–Crippen LogP) is 5.38. The Morgan fingerprint density at radius 3 is 2.42 bits per heavy atom. The van der Waals surface area contributed by atoms with Gasteiger partial charge < -0.3 is 15.0 Å². The smallest absolute Gasteiger partial charge is 0.261 e. The zero-order chi connectivity index (χ0) is 25.9. The Hall–Kier alpha value is -3.67. The van der Waals surface area contributed by atoms with Crippen molar-refractivity contribution in [2.24, 2.45) is 0 Å². The molecule has 3 aromatic carbocycles. The van der Waals surface area contributed by atoms with E-state index in [0.717, 1.165) is 29.5 Å². The number of unbranched alkanes of at least 4 members (excludes halogenated alkanes) is 1. The second kappa shape index (κ2) is 13.4. The van der Waals surface area contributed by atoms with Crippen molar-refractivity contribution in [1.29, 1.82) is 0 Å². The van der Waals surface area contributed by atoms with Crippen molar-refractivity contribution in [1.82, 2.24) is 10.2 Å². The number of carbonyl (C=O) groups is 2. The molecule has 0 saturated heterocycles. The van der Waals surface area contributed by atoms with Gasteiger partial charge in [0.2, 0.25) is 5.91 Å². The van der Waals surface area contributed by atoms with Crippen LogP contribution in [0.4, 0.5) is 4.39 Å². The molecule has 0 saturated carbocycles. The third-order valence-corrected chi connectivity index (χ3v) is 6.31. The molecule has 0 radical (unpaired) electrons. The van der Waals surface area contributed by atoms with Gasteiger partial charge in [-0.3, -0.25) is 9.59 Å². The van der Waals surface area contributed by atoms with E-state index in [1.54, 1.807) is 18.2 Å². The molecule has 1 atom stereocenters.